The molecule has 0 spiro atoms. The predicted octanol–water partition coefficient (Wildman–Crippen LogP) is 3.62. The van der Waals surface area contributed by atoms with Crippen molar-refractivity contribution in [3.63, 3.8) is 0 Å². The smallest absolute Gasteiger partial charge is 0.338 e. The van der Waals surface area contributed by atoms with Crippen molar-refractivity contribution in [2.75, 3.05) is 21.3 Å². The van der Waals surface area contributed by atoms with E-state index in [4.69, 9.17) is 14.2 Å². The average molecular weight is 410 g/mol. The molecule has 7 nitrogen and oxygen atoms in total. The van der Waals surface area contributed by atoms with E-state index in [-0.39, 0.29) is 16.8 Å². The van der Waals surface area contributed by atoms with Gasteiger partial charge in [0.25, 0.3) is 0 Å². The first-order chi connectivity index (χ1) is 14.2. The third kappa shape index (κ3) is 3.54. The standard InChI is InChI=1S/C23H26N2O5/c1-12-15(11-24)20(21-16(25-12)9-23(2,3)10-17(21)26)19-14(22(27)30-6)7-13(28-4)8-18(19)29-5/h7-8,20,25H,9-10H2,1-6H3/t20-/m0/s1. The average Bonchev–Trinajstić information content (AvgIpc) is 2.70. The Kier molecular flexibility index (Phi) is 5.62. The van der Waals surface area contributed by atoms with Crippen LogP contribution < -0.4 is 14.8 Å². The first-order valence-electron chi connectivity index (χ1n) is 9.65. The maximum absolute atomic E-state index is 13.3. The number of nitrogens with one attached hydrogen (secondary N) is 1. The second kappa shape index (κ2) is 7.86. The van der Waals surface area contributed by atoms with E-state index in [1.165, 1.54) is 21.3 Å². The molecule has 3 rings (SSSR count). The van der Waals surface area contributed by atoms with Crippen molar-refractivity contribution in [1.82, 2.24) is 5.32 Å². The Morgan fingerprint density at radius 1 is 1.20 bits per heavy atom. The number of carbonyl (C=O) groups is 2. The lowest BCUT2D eigenvalue weighted by atomic mass is 9.68. The zero-order valence-electron chi connectivity index (χ0n) is 18.1. The Morgan fingerprint density at radius 3 is 2.47 bits per heavy atom. The molecule has 0 saturated carbocycles. The molecule has 1 N–H and O–H groups in total. The van der Waals surface area contributed by atoms with E-state index in [0.717, 1.165) is 5.70 Å². The summed E-state index contributed by atoms with van der Waals surface area (Å²) < 4.78 is 15.9. The van der Waals surface area contributed by atoms with E-state index >= 15 is 0 Å². The number of dihydropyridines is 1. The Hall–Kier alpha value is -3.27. The number of benzene rings is 1. The molecule has 1 atom stereocenters. The van der Waals surface area contributed by atoms with Gasteiger partial charge in [-0.3, -0.25) is 4.79 Å². The van der Waals surface area contributed by atoms with Crippen LogP contribution in [-0.2, 0) is 9.53 Å². The second-order valence-corrected chi connectivity index (χ2v) is 8.32. The molecule has 0 radical (unpaired) electrons. The maximum Gasteiger partial charge on any atom is 0.338 e. The van der Waals surface area contributed by atoms with Crippen LogP contribution in [-0.4, -0.2) is 33.1 Å². The number of hydrogen-bond acceptors (Lipinski definition) is 7. The van der Waals surface area contributed by atoms with Crippen LogP contribution in [0.15, 0.2) is 34.7 Å². The summed E-state index contributed by atoms with van der Waals surface area (Å²) in [5.41, 5.74) is 2.74. The van der Waals surface area contributed by atoms with Crippen molar-refractivity contribution in [1.29, 1.82) is 5.26 Å². The van der Waals surface area contributed by atoms with E-state index in [9.17, 15) is 14.9 Å². The molecule has 30 heavy (non-hydrogen) atoms. The fourth-order valence-electron chi connectivity index (χ4n) is 4.34. The fraction of sp³-hybridized carbons (Fsp3) is 0.435. The number of nitriles is 1. The van der Waals surface area contributed by atoms with Crippen LogP contribution in [0.1, 0.15) is 55.5 Å². The van der Waals surface area contributed by atoms with Crippen LogP contribution in [0.5, 0.6) is 11.5 Å². The molecule has 1 aliphatic carbocycles. The van der Waals surface area contributed by atoms with E-state index in [1.54, 1.807) is 19.1 Å². The highest BCUT2D eigenvalue weighted by molar-refractivity contribution is 6.02. The van der Waals surface area contributed by atoms with Gasteiger partial charge < -0.3 is 19.5 Å². The summed E-state index contributed by atoms with van der Waals surface area (Å²) in [4.78, 5) is 25.9. The molecule has 0 aromatic heterocycles. The summed E-state index contributed by atoms with van der Waals surface area (Å²) in [5, 5.41) is 13.2. The lowest BCUT2D eigenvalue weighted by Crippen LogP contribution is -2.37. The van der Waals surface area contributed by atoms with Gasteiger partial charge in [0, 0.05) is 35.0 Å². The Bertz CT molecular complexity index is 1030. The van der Waals surface area contributed by atoms with E-state index < -0.39 is 11.9 Å². The van der Waals surface area contributed by atoms with Crippen molar-refractivity contribution in [2.24, 2.45) is 5.41 Å². The van der Waals surface area contributed by atoms with Gasteiger partial charge in [-0.25, -0.2) is 4.79 Å². The SMILES string of the molecule is COC(=O)c1cc(OC)cc(OC)c1[C@@H]1C(C#N)=C(C)NC2=C1C(=O)CC(C)(C)C2. The van der Waals surface area contributed by atoms with Crippen molar-refractivity contribution in [3.05, 3.63) is 45.8 Å². The summed E-state index contributed by atoms with van der Waals surface area (Å²) in [6.45, 7) is 5.88. The molecule has 2 aliphatic rings. The highest BCUT2D eigenvalue weighted by atomic mass is 16.5. The van der Waals surface area contributed by atoms with Crippen LogP contribution in [0.3, 0.4) is 0 Å². The number of ether oxygens (including phenoxy) is 3. The van der Waals surface area contributed by atoms with Gasteiger partial charge in [-0.2, -0.15) is 5.26 Å². The quantitative estimate of drug-likeness (QED) is 0.757. The minimum atomic E-state index is -0.732. The highest BCUT2D eigenvalue weighted by Crippen LogP contribution is 2.49. The number of esters is 1. The van der Waals surface area contributed by atoms with Crippen LogP contribution in [0, 0.1) is 16.7 Å². The number of methoxy groups -OCH3 is 3. The molecule has 0 fully saturated rings. The Balaban J connectivity index is 2.37. The minimum Gasteiger partial charge on any atom is -0.497 e. The minimum absolute atomic E-state index is 0.0484. The molecule has 0 saturated heterocycles. The molecular weight excluding hydrogens is 384 g/mol. The lowest BCUT2D eigenvalue weighted by Gasteiger charge is -2.39. The summed E-state index contributed by atoms with van der Waals surface area (Å²) in [6.07, 6.45) is 1.01. The maximum atomic E-state index is 13.3. The Morgan fingerprint density at radius 2 is 1.90 bits per heavy atom. The Labute approximate surface area is 176 Å². The third-order valence-electron chi connectivity index (χ3n) is 5.63. The molecule has 1 heterocycles. The van der Waals surface area contributed by atoms with Gasteiger partial charge in [0.1, 0.15) is 11.5 Å². The number of allylic oxidation sites excluding steroid dienone is 4. The molecule has 1 aromatic carbocycles. The molecule has 0 unspecified atom stereocenters. The largest absolute Gasteiger partial charge is 0.497 e. The zero-order chi connectivity index (χ0) is 22.2. The van der Waals surface area contributed by atoms with Crippen molar-refractivity contribution < 1.29 is 23.8 Å². The highest BCUT2D eigenvalue weighted by Gasteiger charge is 2.43. The molecular formula is C23H26N2O5. The fourth-order valence-corrected chi connectivity index (χ4v) is 4.34. The molecule has 1 aromatic rings. The van der Waals surface area contributed by atoms with Gasteiger partial charge in [0.05, 0.1) is 44.5 Å². The summed E-state index contributed by atoms with van der Waals surface area (Å²) >= 11 is 0. The topological polar surface area (TPSA) is 97.7 Å². The van der Waals surface area contributed by atoms with E-state index in [0.29, 0.717) is 46.7 Å². The van der Waals surface area contributed by atoms with Gasteiger partial charge in [0.2, 0.25) is 0 Å². The number of ketones is 1. The van der Waals surface area contributed by atoms with Gasteiger partial charge >= 0.3 is 5.97 Å². The van der Waals surface area contributed by atoms with Gasteiger partial charge in [-0.15, -0.1) is 0 Å². The van der Waals surface area contributed by atoms with Crippen LogP contribution in [0.2, 0.25) is 0 Å². The summed E-state index contributed by atoms with van der Waals surface area (Å²) in [7, 11) is 4.24. The third-order valence-corrected chi connectivity index (χ3v) is 5.63. The van der Waals surface area contributed by atoms with Crippen LogP contribution >= 0.6 is 0 Å². The van der Waals surface area contributed by atoms with Crippen LogP contribution in [0.4, 0.5) is 0 Å². The summed E-state index contributed by atoms with van der Waals surface area (Å²) in [5.74, 6) is -0.611. The normalized spacial score (nSPS) is 20.2. The first-order valence-corrected chi connectivity index (χ1v) is 9.65. The predicted molar refractivity (Wildman–Crippen MR) is 110 cm³/mol. The van der Waals surface area contributed by atoms with E-state index in [2.05, 4.69) is 11.4 Å². The number of nitrogens with zero attached hydrogens (tertiary/aromatic N) is 1. The monoisotopic (exact) mass is 410 g/mol. The van der Waals surface area contributed by atoms with Gasteiger partial charge in [-0.1, -0.05) is 13.8 Å². The van der Waals surface area contributed by atoms with Gasteiger partial charge in [0.15, 0.2) is 5.78 Å². The molecule has 0 bridgehead atoms. The number of hydrogen-bond donors (Lipinski definition) is 1. The second-order valence-electron chi connectivity index (χ2n) is 8.32. The molecule has 158 valence electrons. The molecule has 0 amide bonds. The summed E-state index contributed by atoms with van der Waals surface area (Å²) in [6, 6.07) is 5.43. The van der Waals surface area contributed by atoms with Crippen molar-refractivity contribution in [3.8, 4) is 17.6 Å². The number of Topliss-reactive ketones (excluding diaryl/α,β-unsaturated/α-hetero) is 1. The number of carbonyl (C=O) groups excluding carboxylic acids is 2. The van der Waals surface area contributed by atoms with Gasteiger partial charge in [-0.05, 0) is 24.8 Å². The lowest BCUT2D eigenvalue weighted by molar-refractivity contribution is -0.118. The molecule has 7 heteroatoms. The zero-order valence-corrected chi connectivity index (χ0v) is 18.1. The molecule has 1 aliphatic heterocycles. The van der Waals surface area contributed by atoms with Crippen molar-refractivity contribution >= 4 is 11.8 Å². The van der Waals surface area contributed by atoms with Crippen molar-refractivity contribution in [2.45, 2.75) is 39.5 Å². The first kappa shape index (κ1) is 21.4. The number of rotatable bonds is 4. The van der Waals surface area contributed by atoms with Crippen LogP contribution in [0.25, 0.3) is 0 Å². The van der Waals surface area contributed by atoms with E-state index in [1.807, 2.05) is 13.8 Å².